The first-order valence-electron chi connectivity index (χ1n) is 7.49. The van der Waals surface area contributed by atoms with E-state index in [-0.39, 0.29) is 0 Å². The van der Waals surface area contributed by atoms with Gasteiger partial charge in [-0.25, -0.2) is 0 Å². The second kappa shape index (κ2) is 5.43. The molecular weight excluding hydrogens is 262 g/mol. The van der Waals surface area contributed by atoms with Gasteiger partial charge in [-0.3, -0.25) is 4.68 Å². The van der Waals surface area contributed by atoms with Crippen molar-refractivity contribution in [1.29, 1.82) is 0 Å². The molecule has 1 saturated carbocycles. The van der Waals surface area contributed by atoms with Crippen molar-refractivity contribution in [3.05, 3.63) is 41.2 Å². The summed E-state index contributed by atoms with van der Waals surface area (Å²) in [6.45, 7) is 4.17. The van der Waals surface area contributed by atoms with Gasteiger partial charge < -0.3 is 10.1 Å². The zero-order valence-corrected chi connectivity index (χ0v) is 13.2. The van der Waals surface area contributed by atoms with E-state index in [2.05, 4.69) is 42.5 Å². The first kappa shape index (κ1) is 14.0. The molecule has 1 aromatic carbocycles. The molecule has 0 saturated heterocycles. The van der Waals surface area contributed by atoms with Gasteiger partial charge in [0.2, 0.25) is 0 Å². The quantitative estimate of drug-likeness (QED) is 0.935. The second-order valence-electron chi connectivity index (χ2n) is 5.96. The van der Waals surface area contributed by atoms with Gasteiger partial charge in [0.15, 0.2) is 0 Å². The van der Waals surface area contributed by atoms with E-state index in [1.807, 2.05) is 17.8 Å². The van der Waals surface area contributed by atoms with Gasteiger partial charge in [-0.1, -0.05) is 12.1 Å². The molecule has 0 amide bonds. The van der Waals surface area contributed by atoms with Crippen molar-refractivity contribution in [1.82, 2.24) is 9.78 Å². The van der Waals surface area contributed by atoms with E-state index in [4.69, 9.17) is 4.74 Å². The lowest BCUT2D eigenvalue weighted by Gasteiger charge is -2.37. The van der Waals surface area contributed by atoms with Crippen LogP contribution in [0.25, 0.3) is 0 Å². The lowest BCUT2D eigenvalue weighted by molar-refractivity contribution is 0.370. The number of aromatic nitrogens is 2. The van der Waals surface area contributed by atoms with E-state index in [0.717, 1.165) is 11.4 Å². The molecule has 0 radical (unpaired) electrons. The molecule has 1 heterocycles. The molecule has 1 aromatic heterocycles. The van der Waals surface area contributed by atoms with Crippen molar-refractivity contribution in [3.8, 4) is 5.75 Å². The maximum Gasteiger partial charge on any atom is 0.119 e. The molecule has 1 aliphatic rings. The number of benzene rings is 1. The summed E-state index contributed by atoms with van der Waals surface area (Å²) in [6.07, 6.45) is 2.34. The van der Waals surface area contributed by atoms with Crippen molar-refractivity contribution in [2.24, 2.45) is 7.05 Å². The summed E-state index contributed by atoms with van der Waals surface area (Å²) in [7, 11) is 3.71. The van der Waals surface area contributed by atoms with Crippen LogP contribution in [0.15, 0.2) is 24.3 Å². The molecule has 1 aliphatic carbocycles. The Morgan fingerprint density at radius 2 is 2.05 bits per heavy atom. The normalized spacial score (nSPS) is 21.0. The van der Waals surface area contributed by atoms with Crippen molar-refractivity contribution >= 4 is 5.69 Å². The maximum absolute atomic E-state index is 5.30. The molecule has 4 heteroatoms. The predicted octanol–water partition coefficient (Wildman–Crippen LogP) is 3.40. The number of rotatable bonds is 4. The largest absolute Gasteiger partial charge is 0.497 e. The fourth-order valence-corrected chi connectivity index (χ4v) is 3.09. The van der Waals surface area contributed by atoms with Crippen molar-refractivity contribution in [2.75, 3.05) is 12.4 Å². The predicted molar refractivity (Wildman–Crippen MR) is 85.1 cm³/mol. The lowest BCUT2D eigenvalue weighted by atomic mass is 9.75. The third kappa shape index (κ3) is 2.62. The van der Waals surface area contributed by atoms with Crippen LogP contribution < -0.4 is 10.1 Å². The van der Waals surface area contributed by atoms with Gasteiger partial charge in [-0.05, 0) is 50.3 Å². The lowest BCUT2D eigenvalue weighted by Crippen LogP contribution is -2.34. The number of hydrogen-bond acceptors (Lipinski definition) is 3. The Labute approximate surface area is 126 Å². The van der Waals surface area contributed by atoms with Crippen LogP contribution in [0.5, 0.6) is 5.75 Å². The molecular formula is C17H23N3O. The summed E-state index contributed by atoms with van der Waals surface area (Å²) in [4.78, 5) is 0. The highest BCUT2D eigenvalue weighted by molar-refractivity contribution is 5.53. The summed E-state index contributed by atoms with van der Waals surface area (Å²) in [6, 6.07) is 8.97. The fraction of sp³-hybridized carbons (Fsp3) is 0.471. The Morgan fingerprint density at radius 1 is 1.29 bits per heavy atom. The summed E-state index contributed by atoms with van der Waals surface area (Å²) in [5.41, 5.74) is 4.87. The van der Waals surface area contributed by atoms with Gasteiger partial charge in [0.1, 0.15) is 5.75 Å². The van der Waals surface area contributed by atoms with E-state index >= 15 is 0 Å². The molecule has 0 atom stereocenters. The first-order valence-corrected chi connectivity index (χ1v) is 7.49. The van der Waals surface area contributed by atoms with Crippen molar-refractivity contribution in [3.63, 3.8) is 0 Å². The Balaban J connectivity index is 1.63. The Morgan fingerprint density at radius 3 is 2.67 bits per heavy atom. The van der Waals surface area contributed by atoms with Crippen LogP contribution in [0.1, 0.15) is 35.7 Å². The van der Waals surface area contributed by atoms with E-state index in [1.165, 1.54) is 29.8 Å². The van der Waals surface area contributed by atoms with Crippen LogP contribution >= 0.6 is 0 Å². The van der Waals surface area contributed by atoms with E-state index in [0.29, 0.717) is 12.0 Å². The molecule has 21 heavy (non-hydrogen) atoms. The fourth-order valence-electron chi connectivity index (χ4n) is 3.09. The number of ether oxygens (including phenoxy) is 1. The number of nitrogens with zero attached hydrogens (tertiary/aromatic N) is 2. The van der Waals surface area contributed by atoms with Gasteiger partial charge in [-0.15, -0.1) is 0 Å². The van der Waals surface area contributed by atoms with Gasteiger partial charge in [0, 0.05) is 13.1 Å². The van der Waals surface area contributed by atoms with Gasteiger partial charge in [0.25, 0.3) is 0 Å². The molecule has 112 valence electrons. The van der Waals surface area contributed by atoms with E-state index < -0.39 is 0 Å². The first-order chi connectivity index (χ1) is 10.1. The van der Waals surface area contributed by atoms with Crippen LogP contribution in [-0.4, -0.2) is 22.9 Å². The highest BCUT2D eigenvalue weighted by atomic mass is 16.5. The average Bonchev–Trinajstić information content (AvgIpc) is 2.68. The number of anilines is 1. The van der Waals surface area contributed by atoms with Crippen LogP contribution in [-0.2, 0) is 7.05 Å². The van der Waals surface area contributed by atoms with Crippen molar-refractivity contribution in [2.45, 2.75) is 38.6 Å². The zero-order chi connectivity index (χ0) is 15.0. The van der Waals surface area contributed by atoms with Crippen LogP contribution in [0.3, 0.4) is 0 Å². The summed E-state index contributed by atoms with van der Waals surface area (Å²) < 4.78 is 7.24. The van der Waals surface area contributed by atoms with Gasteiger partial charge in [-0.2, -0.15) is 5.10 Å². The molecule has 2 aromatic rings. The third-order valence-electron chi connectivity index (χ3n) is 4.56. The average molecular weight is 285 g/mol. The standard InChI is InChI=1S/C17H23N3O/c1-11-17(12(2)20(3)19-11)18-15-8-14(9-15)13-6-5-7-16(10-13)21-4/h5-7,10,14-15,18H,8-9H2,1-4H3. The highest BCUT2D eigenvalue weighted by Crippen LogP contribution is 2.40. The van der Waals surface area contributed by atoms with Crippen LogP contribution in [0, 0.1) is 13.8 Å². The molecule has 0 aliphatic heterocycles. The number of methoxy groups -OCH3 is 1. The monoisotopic (exact) mass is 285 g/mol. The summed E-state index contributed by atoms with van der Waals surface area (Å²) >= 11 is 0. The molecule has 1 fully saturated rings. The summed E-state index contributed by atoms with van der Waals surface area (Å²) in [5.74, 6) is 1.58. The zero-order valence-electron chi connectivity index (χ0n) is 13.2. The summed E-state index contributed by atoms with van der Waals surface area (Å²) in [5, 5.41) is 8.11. The molecule has 0 spiro atoms. The number of aryl methyl sites for hydroxylation is 2. The van der Waals surface area contributed by atoms with Crippen LogP contribution in [0.4, 0.5) is 5.69 Å². The second-order valence-corrected chi connectivity index (χ2v) is 5.96. The maximum atomic E-state index is 5.30. The Hall–Kier alpha value is -1.97. The van der Waals surface area contributed by atoms with Crippen molar-refractivity contribution < 1.29 is 4.74 Å². The van der Waals surface area contributed by atoms with E-state index in [9.17, 15) is 0 Å². The number of nitrogens with one attached hydrogen (secondary N) is 1. The Kier molecular flexibility index (Phi) is 3.62. The highest BCUT2D eigenvalue weighted by Gasteiger charge is 2.31. The minimum absolute atomic E-state index is 0.544. The molecule has 4 nitrogen and oxygen atoms in total. The number of hydrogen-bond donors (Lipinski definition) is 1. The molecule has 3 rings (SSSR count). The SMILES string of the molecule is COc1cccc(C2CC(Nc3c(C)nn(C)c3C)C2)c1. The molecule has 1 N–H and O–H groups in total. The van der Waals surface area contributed by atoms with Gasteiger partial charge in [0.05, 0.1) is 24.2 Å². The minimum Gasteiger partial charge on any atom is -0.497 e. The topological polar surface area (TPSA) is 39.1 Å². The minimum atomic E-state index is 0.544. The smallest absolute Gasteiger partial charge is 0.119 e. The van der Waals surface area contributed by atoms with Crippen LogP contribution in [0.2, 0.25) is 0 Å². The van der Waals surface area contributed by atoms with E-state index in [1.54, 1.807) is 7.11 Å². The van der Waals surface area contributed by atoms with Gasteiger partial charge >= 0.3 is 0 Å². The molecule has 0 bridgehead atoms. The third-order valence-corrected chi connectivity index (χ3v) is 4.56. The Bertz CT molecular complexity index is 641. The molecule has 0 unspecified atom stereocenters.